The van der Waals surface area contributed by atoms with E-state index in [1.807, 2.05) is 65.8 Å². The highest BCUT2D eigenvalue weighted by Gasteiger charge is 2.36. The largest absolute Gasteiger partial charge is 0.237 e. The molecule has 0 radical (unpaired) electrons. The molecule has 0 N–H and O–H groups in total. The second kappa shape index (κ2) is 8.53. The number of aliphatic imine (C=N–C) groups is 2. The van der Waals surface area contributed by atoms with Crippen LogP contribution in [0.5, 0.6) is 0 Å². The van der Waals surface area contributed by atoms with Crippen molar-refractivity contribution in [3.05, 3.63) is 57.6 Å². The normalized spacial score (nSPS) is 13.3. The van der Waals surface area contributed by atoms with Gasteiger partial charge >= 0.3 is 0 Å². The van der Waals surface area contributed by atoms with Crippen LogP contribution >= 0.6 is 46.4 Å². The summed E-state index contributed by atoms with van der Waals surface area (Å²) in [5.41, 5.74) is 7.66. The molecule has 144 valence electrons. The summed E-state index contributed by atoms with van der Waals surface area (Å²) in [5, 5.41) is -0.0888. The van der Waals surface area contributed by atoms with Crippen LogP contribution in [0.1, 0.15) is 33.4 Å². The number of benzene rings is 2. The zero-order valence-electron chi connectivity index (χ0n) is 16.2. The number of halogens is 4. The summed E-state index contributed by atoms with van der Waals surface area (Å²) in [7, 11) is 0. The number of aryl methyl sites for hydroxylation is 6. The fourth-order valence-electron chi connectivity index (χ4n) is 3.12. The van der Waals surface area contributed by atoms with Crippen molar-refractivity contribution in [3.8, 4) is 0 Å². The molecule has 2 aromatic carbocycles. The second-order valence-electron chi connectivity index (χ2n) is 6.87. The lowest BCUT2D eigenvalue weighted by molar-refractivity contribution is 1.27. The lowest BCUT2D eigenvalue weighted by atomic mass is 10.1. The van der Waals surface area contributed by atoms with Crippen LogP contribution in [0.2, 0.25) is 0 Å². The van der Waals surface area contributed by atoms with Crippen molar-refractivity contribution in [1.29, 1.82) is 0 Å². The molecule has 0 amide bonds. The smallest absolute Gasteiger partial charge is 0.222 e. The Balaban J connectivity index is 2.48. The van der Waals surface area contributed by atoms with E-state index in [9.17, 15) is 0 Å². The molecule has 0 spiro atoms. The molecule has 0 aromatic heterocycles. The number of hydrogen-bond acceptors (Lipinski definition) is 2. The summed E-state index contributed by atoms with van der Waals surface area (Å²) in [6, 6.07) is 8.09. The Labute approximate surface area is 181 Å². The van der Waals surface area contributed by atoms with Gasteiger partial charge in [-0.2, -0.15) is 0 Å². The second-order valence-corrected chi connectivity index (χ2v) is 8.92. The number of hydrogen-bond donors (Lipinski definition) is 0. The SMILES string of the molecule is Cc1cc(C)c(N=C(Cl)C(Cl)(Cl)C(Cl)=Nc2c(C)cc(C)cc2C)c(C)c1. The Morgan fingerprint density at radius 2 is 0.889 bits per heavy atom. The third-order valence-electron chi connectivity index (χ3n) is 4.21. The molecule has 0 aliphatic heterocycles. The Hall–Kier alpha value is -1.06. The van der Waals surface area contributed by atoms with Crippen molar-refractivity contribution in [2.45, 2.75) is 45.9 Å². The minimum Gasteiger partial charge on any atom is -0.237 e. The van der Waals surface area contributed by atoms with E-state index in [-0.39, 0.29) is 10.3 Å². The fourth-order valence-corrected chi connectivity index (χ4v) is 3.68. The number of nitrogens with zero attached hydrogens (tertiary/aromatic N) is 2. The van der Waals surface area contributed by atoms with Crippen LogP contribution in [0.3, 0.4) is 0 Å². The van der Waals surface area contributed by atoms with Gasteiger partial charge in [-0.25, -0.2) is 9.98 Å². The molecule has 0 unspecified atom stereocenters. The van der Waals surface area contributed by atoms with Crippen LogP contribution in [0.25, 0.3) is 0 Å². The first-order valence-electron chi connectivity index (χ1n) is 8.46. The van der Waals surface area contributed by atoms with Gasteiger partial charge < -0.3 is 0 Å². The predicted octanol–water partition coefficient (Wildman–Crippen LogP) is 7.95. The van der Waals surface area contributed by atoms with E-state index >= 15 is 0 Å². The maximum absolute atomic E-state index is 6.45. The molecule has 0 aliphatic carbocycles. The Morgan fingerprint density at radius 3 is 1.15 bits per heavy atom. The summed E-state index contributed by atoms with van der Waals surface area (Å²) in [6.07, 6.45) is 0. The van der Waals surface area contributed by atoms with Crippen LogP contribution < -0.4 is 0 Å². The van der Waals surface area contributed by atoms with Gasteiger partial charge in [0, 0.05) is 0 Å². The molecule has 6 heteroatoms. The average Bonchev–Trinajstić information content (AvgIpc) is 2.53. The van der Waals surface area contributed by atoms with Crippen molar-refractivity contribution in [2.24, 2.45) is 9.98 Å². The lowest BCUT2D eigenvalue weighted by Crippen LogP contribution is -2.29. The van der Waals surface area contributed by atoms with Gasteiger partial charge in [-0.05, 0) is 63.8 Å². The Bertz CT molecular complexity index is 822. The van der Waals surface area contributed by atoms with Gasteiger partial charge in [0.2, 0.25) is 4.33 Å². The highest BCUT2D eigenvalue weighted by Crippen LogP contribution is 2.36. The molecule has 0 bridgehead atoms. The summed E-state index contributed by atoms with van der Waals surface area (Å²) in [4.78, 5) is 8.89. The number of rotatable bonds is 4. The van der Waals surface area contributed by atoms with Crippen molar-refractivity contribution in [2.75, 3.05) is 0 Å². The molecule has 27 heavy (non-hydrogen) atoms. The van der Waals surface area contributed by atoms with E-state index in [4.69, 9.17) is 46.4 Å². The third kappa shape index (κ3) is 5.06. The van der Waals surface area contributed by atoms with Crippen LogP contribution in [0.15, 0.2) is 34.3 Å². The van der Waals surface area contributed by atoms with Crippen LogP contribution in [0, 0.1) is 41.5 Å². The Kier molecular flexibility index (Phi) is 7.02. The summed E-state index contributed by atoms with van der Waals surface area (Å²) < 4.78 is -1.74. The number of alkyl halides is 2. The molecule has 0 heterocycles. The van der Waals surface area contributed by atoms with Gasteiger partial charge in [0.05, 0.1) is 11.4 Å². The molecule has 0 aliphatic rings. The van der Waals surface area contributed by atoms with Gasteiger partial charge in [-0.1, -0.05) is 81.8 Å². The quantitative estimate of drug-likeness (QED) is 0.338. The molecular weight excluding hydrogens is 422 g/mol. The van der Waals surface area contributed by atoms with E-state index in [0.29, 0.717) is 0 Å². The topological polar surface area (TPSA) is 24.7 Å². The standard InChI is InChI=1S/C21H22Cl4N2/c1-11-7-13(3)17(14(4)8-11)26-19(22)21(24,25)20(23)27-18-15(5)9-12(2)10-16(18)6/h7-10H,1-6H3. The van der Waals surface area contributed by atoms with Gasteiger partial charge in [-0.3, -0.25) is 0 Å². The molecule has 0 saturated heterocycles. The zero-order valence-corrected chi connectivity index (χ0v) is 19.2. The molecule has 0 fully saturated rings. The van der Waals surface area contributed by atoms with Crippen LogP contribution in [-0.2, 0) is 0 Å². The maximum atomic E-state index is 6.45. The van der Waals surface area contributed by atoms with E-state index in [1.165, 1.54) is 0 Å². The highest BCUT2D eigenvalue weighted by molar-refractivity contribution is 6.93. The first-order valence-corrected chi connectivity index (χ1v) is 9.97. The first-order chi connectivity index (χ1) is 12.4. The van der Waals surface area contributed by atoms with Crippen molar-refractivity contribution in [1.82, 2.24) is 0 Å². The van der Waals surface area contributed by atoms with E-state index < -0.39 is 4.33 Å². The lowest BCUT2D eigenvalue weighted by Gasteiger charge is -2.18. The first kappa shape index (κ1) is 22.2. The van der Waals surface area contributed by atoms with E-state index in [1.54, 1.807) is 0 Å². The van der Waals surface area contributed by atoms with Crippen molar-refractivity contribution < 1.29 is 0 Å². The van der Waals surface area contributed by atoms with E-state index in [2.05, 4.69) is 9.98 Å². The molecule has 0 atom stereocenters. The molecule has 2 rings (SSSR count). The van der Waals surface area contributed by atoms with Crippen molar-refractivity contribution >= 4 is 68.1 Å². The molecule has 2 aromatic rings. The van der Waals surface area contributed by atoms with Crippen LogP contribution in [-0.4, -0.2) is 14.7 Å². The monoisotopic (exact) mass is 442 g/mol. The van der Waals surface area contributed by atoms with Gasteiger partial charge in [0.1, 0.15) is 10.3 Å². The van der Waals surface area contributed by atoms with Crippen molar-refractivity contribution in [3.63, 3.8) is 0 Å². The summed E-state index contributed by atoms with van der Waals surface area (Å²) in [6.45, 7) is 11.9. The highest BCUT2D eigenvalue weighted by atomic mass is 35.5. The molecular formula is C21H22Cl4N2. The molecule has 0 saturated carbocycles. The average molecular weight is 444 g/mol. The van der Waals surface area contributed by atoms with E-state index in [0.717, 1.165) is 44.8 Å². The zero-order chi connectivity index (χ0) is 20.5. The Morgan fingerprint density at radius 1 is 0.630 bits per heavy atom. The van der Waals surface area contributed by atoms with Crippen LogP contribution in [0.4, 0.5) is 11.4 Å². The third-order valence-corrected chi connectivity index (χ3v) is 6.05. The minimum absolute atomic E-state index is 0.0444. The fraction of sp³-hybridized carbons (Fsp3) is 0.333. The molecule has 2 nitrogen and oxygen atoms in total. The maximum Gasteiger partial charge on any atom is 0.222 e. The van der Waals surface area contributed by atoms with Gasteiger partial charge in [-0.15, -0.1) is 0 Å². The predicted molar refractivity (Wildman–Crippen MR) is 122 cm³/mol. The van der Waals surface area contributed by atoms with Gasteiger partial charge in [0.15, 0.2) is 0 Å². The summed E-state index contributed by atoms with van der Waals surface area (Å²) in [5.74, 6) is 0. The summed E-state index contributed by atoms with van der Waals surface area (Å²) >= 11 is 25.7. The minimum atomic E-state index is -1.74. The van der Waals surface area contributed by atoms with Gasteiger partial charge in [0.25, 0.3) is 0 Å².